The minimum absolute atomic E-state index is 0.177. The van der Waals surface area contributed by atoms with Crippen molar-refractivity contribution in [1.29, 1.82) is 0 Å². The molecule has 0 spiro atoms. The highest BCUT2D eigenvalue weighted by Gasteiger charge is 2.42. The molecule has 2 heterocycles. The summed E-state index contributed by atoms with van der Waals surface area (Å²) in [6.45, 7) is 3.87. The number of carbonyl (C=O) groups excluding carboxylic acids is 1. The van der Waals surface area contributed by atoms with Gasteiger partial charge in [-0.2, -0.15) is 0 Å². The highest BCUT2D eigenvalue weighted by atomic mass is 32.2. The Hall–Kier alpha value is -2.06. The highest BCUT2D eigenvalue weighted by Crippen LogP contribution is 2.38. The smallest absolute Gasteiger partial charge is 0.327 e. The summed E-state index contributed by atoms with van der Waals surface area (Å²) in [7, 11) is 0. The fraction of sp³-hybridized carbons (Fsp3) is 0.353. The number of carbonyl (C=O) groups is 2. The van der Waals surface area contributed by atoms with Crippen LogP contribution in [-0.2, 0) is 9.59 Å². The molecule has 132 valence electrons. The van der Waals surface area contributed by atoms with Gasteiger partial charge in [-0.25, -0.2) is 4.79 Å². The lowest BCUT2D eigenvalue weighted by Gasteiger charge is -2.27. The largest absolute Gasteiger partial charge is 0.480 e. The second kappa shape index (κ2) is 7.05. The third kappa shape index (κ3) is 3.36. The van der Waals surface area contributed by atoms with Crippen LogP contribution in [0.15, 0.2) is 23.1 Å². The zero-order valence-corrected chi connectivity index (χ0v) is 15.4. The molecule has 1 amide bonds. The molecule has 1 aromatic rings. The van der Waals surface area contributed by atoms with Crippen LogP contribution in [0.3, 0.4) is 0 Å². The van der Waals surface area contributed by atoms with Gasteiger partial charge in [-0.05, 0) is 29.7 Å². The minimum atomic E-state index is -1.05. The molecule has 3 rings (SSSR count). The van der Waals surface area contributed by atoms with Gasteiger partial charge in [-0.1, -0.05) is 50.3 Å². The number of aliphatic carboxylic acids is 1. The van der Waals surface area contributed by atoms with Crippen molar-refractivity contribution in [2.75, 3.05) is 6.79 Å². The molecule has 25 heavy (non-hydrogen) atoms. The maximum absolute atomic E-state index is 12.8. The van der Waals surface area contributed by atoms with Gasteiger partial charge in [0.05, 0.1) is 4.91 Å². The van der Waals surface area contributed by atoms with Gasteiger partial charge in [0.2, 0.25) is 6.79 Å². The summed E-state index contributed by atoms with van der Waals surface area (Å²) in [5, 5.41) is 9.54. The SMILES string of the molecule is CC[C@@H](C)[C@@H](C(=O)O)N1C(=O)/C(=C/c2ccc3c(c2)OCO3)SC1=S. The molecule has 2 aliphatic heterocycles. The molecule has 0 aromatic heterocycles. The van der Waals surface area contributed by atoms with Gasteiger partial charge in [-0.3, -0.25) is 9.69 Å². The first-order valence-electron chi connectivity index (χ1n) is 7.82. The number of rotatable bonds is 5. The molecule has 1 N–H and O–H groups in total. The Morgan fingerprint density at radius 3 is 2.84 bits per heavy atom. The van der Waals surface area contributed by atoms with Crippen LogP contribution < -0.4 is 9.47 Å². The van der Waals surface area contributed by atoms with Crippen molar-refractivity contribution >= 4 is 46.3 Å². The van der Waals surface area contributed by atoms with E-state index in [1.165, 1.54) is 4.90 Å². The lowest BCUT2D eigenvalue weighted by atomic mass is 9.98. The van der Waals surface area contributed by atoms with Gasteiger partial charge in [0, 0.05) is 0 Å². The predicted molar refractivity (Wildman–Crippen MR) is 98.5 cm³/mol. The van der Waals surface area contributed by atoms with Crippen LogP contribution in [-0.4, -0.2) is 39.0 Å². The van der Waals surface area contributed by atoms with Crippen molar-refractivity contribution < 1.29 is 24.2 Å². The van der Waals surface area contributed by atoms with E-state index in [0.29, 0.717) is 22.8 Å². The zero-order chi connectivity index (χ0) is 18.1. The zero-order valence-electron chi connectivity index (χ0n) is 13.7. The van der Waals surface area contributed by atoms with E-state index >= 15 is 0 Å². The molecule has 2 atom stereocenters. The van der Waals surface area contributed by atoms with Crippen LogP contribution >= 0.6 is 24.0 Å². The molecular weight excluding hydrogens is 362 g/mol. The number of ether oxygens (including phenoxy) is 2. The van der Waals surface area contributed by atoms with Crippen molar-refractivity contribution in [2.45, 2.75) is 26.3 Å². The van der Waals surface area contributed by atoms with Crippen LogP contribution in [0, 0.1) is 5.92 Å². The summed E-state index contributed by atoms with van der Waals surface area (Å²) in [6, 6.07) is 4.40. The molecule has 8 heteroatoms. The summed E-state index contributed by atoms with van der Waals surface area (Å²) in [4.78, 5) is 26.0. The second-order valence-corrected chi connectivity index (χ2v) is 7.51. The summed E-state index contributed by atoms with van der Waals surface area (Å²) >= 11 is 6.39. The molecule has 0 unspecified atom stereocenters. The Morgan fingerprint density at radius 2 is 2.16 bits per heavy atom. The van der Waals surface area contributed by atoms with E-state index in [1.54, 1.807) is 25.1 Å². The average molecular weight is 379 g/mol. The van der Waals surface area contributed by atoms with Crippen LogP contribution in [0.2, 0.25) is 0 Å². The van der Waals surface area contributed by atoms with E-state index in [4.69, 9.17) is 21.7 Å². The number of hydrogen-bond acceptors (Lipinski definition) is 6. The fourth-order valence-electron chi connectivity index (χ4n) is 2.71. The molecule has 1 aromatic carbocycles. The van der Waals surface area contributed by atoms with E-state index in [1.807, 2.05) is 13.0 Å². The van der Waals surface area contributed by atoms with Crippen molar-refractivity contribution in [3.8, 4) is 11.5 Å². The number of amides is 1. The van der Waals surface area contributed by atoms with Crippen molar-refractivity contribution in [1.82, 2.24) is 4.90 Å². The number of benzene rings is 1. The monoisotopic (exact) mass is 379 g/mol. The van der Waals surface area contributed by atoms with E-state index in [9.17, 15) is 14.7 Å². The number of carboxylic acid groups (broad SMARTS) is 1. The summed E-state index contributed by atoms with van der Waals surface area (Å²) < 4.78 is 10.9. The van der Waals surface area contributed by atoms with Crippen LogP contribution in [0.4, 0.5) is 0 Å². The Balaban J connectivity index is 1.89. The first-order chi connectivity index (χ1) is 11.9. The van der Waals surface area contributed by atoms with Gasteiger partial charge in [0.25, 0.3) is 5.91 Å². The van der Waals surface area contributed by atoms with E-state index in [2.05, 4.69) is 0 Å². The van der Waals surface area contributed by atoms with Gasteiger partial charge in [0.1, 0.15) is 10.4 Å². The first-order valence-corrected chi connectivity index (χ1v) is 9.04. The topological polar surface area (TPSA) is 76.1 Å². The standard InChI is InChI=1S/C17H17NO5S2/c1-3-9(2)14(16(20)21)18-15(19)13(25-17(18)24)7-10-4-5-11-12(6-10)23-8-22-11/h4-7,9,14H,3,8H2,1-2H3,(H,20,21)/b13-7-/t9-,14+/m1/s1. The van der Waals surface area contributed by atoms with E-state index in [-0.39, 0.29) is 22.9 Å². The quantitative estimate of drug-likeness (QED) is 0.622. The Labute approximate surface area is 154 Å². The third-order valence-corrected chi connectivity index (χ3v) is 5.56. The van der Waals surface area contributed by atoms with Crippen molar-refractivity contribution in [2.24, 2.45) is 5.92 Å². The normalized spacial score (nSPS) is 20.2. The van der Waals surface area contributed by atoms with Gasteiger partial charge >= 0.3 is 5.97 Å². The molecule has 0 saturated carbocycles. The van der Waals surface area contributed by atoms with E-state index < -0.39 is 12.0 Å². The summed E-state index contributed by atoms with van der Waals surface area (Å²) in [5.41, 5.74) is 0.764. The third-order valence-electron chi connectivity index (χ3n) is 4.23. The molecule has 0 radical (unpaired) electrons. The summed E-state index contributed by atoms with van der Waals surface area (Å²) in [6.07, 6.45) is 2.33. The number of hydrogen-bond donors (Lipinski definition) is 1. The van der Waals surface area contributed by atoms with Gasteiger partial charge in [-0.15, -0.1) is 0 Å². The molecular formula is C17H17NO5S2. The maximum Gasteiger partial charge on any atom is 0.327 e. The van der Waals surface area contributed by atoms with Gasteiger partial charge < -0.3 is 14.6 Å². The molecule has 0 aliphatic carbocycles. The molecule has 1 fully saturated rings. The average Bonchev–Trinajstić information content (AvgIpc) is 3.14. The lowest BCUT2D eigenvalue weighted by molar-refractivity contribution is -0.147. The second-order valence-electron chi connectivity index (χ2n) is 5.83. The van der Waals surface area contributed by atoms with Crippen molar-refractivity contribution in [3.05, 3.63) is 28.7 Å². The van der Waals surface area contributed by atoms with Crippen LogP contribution in [0.5, 0.6) is 11.5 Å². The Morgan fingerprint density at radius 1 is 1.44 bits per heavy atom. The maximum atomic E-state index is 12.8. The van der Waals surface area contributed by atoms with Crippen LogP contribution in [0.1, 0.15) is 25.8 Å². The predicted octanol–water partition coefficient (Wildman–Crippen LogP) is 3.12. The lowest BCUT2D eigenvalue weighted by Crippen LogP contribution is -2.47. The Bertz CT molecular complexity index is 776. The molecule has 2 aliphatic rings. The highest BCUT2D eigenvalue weighted by molar-refractivity contribution is 8.26. The fourth-order valence-corrected chi connectivity index (χ4v) is 4.03. The van der Waals surface area contributed by atoms with Crippen molar-refractivity contribution in [3.63, 3.8) is 0 Å². The first kappa shape index (κ1) is 17.8. The Kier molecular flexibility index (Phi) is 5.01. The summed E-state index contributed by atoms with van der Waals surface area (Å²) in [5.74, 6) is -0.347. The van der Waals surface area contributed by atoms with E-state index in [0.717, 1.165) is 17.3 Å². The molecule has 0 bridgehead atoms. The molecule has 6 nitrogen and oxygen atoms in total. The number of thioether (sulfide) groups is 1. The molecule has 1 saturated heterocycles. The number of carboxylic acids is 1. The number of thiocarbonyl (C=S) groups is 1. The number of fused-ring (bicyclic) bond motifs is 1. The van der Waals surface area contributed by atoms with Gasteiger partial charge in [0.15, 0.2) is 11.5 Å². The minimum Gasteiger partial charge on any atom is -0.480 e. The number of nitrogens with zero attached hydrogens (tertiary/aromatic N) is 1. The van der Waals surface area contributed by atoms with Crippen LogP contribution in [0.25, 0.3) is 6.08 Å².